The van der Waals surface area contributed by atoms with Gasteiger partial charge in [0.15, 0.2) is 17.4 Å². The largest absolute Gasteiger partial charge is 0.485 e. The molecule has 0 bridgehead atoms. The number of rotatable bonds is 8. The van der Waals surface area contributed by atoms with Gasteiger partial charge in [-0.25, -0.2) is 8.78 Å². The van der Waals surface area contributed by atoms with E-state index >= 15 is 0 Å². The van der Waals surface area contributed by atoms with Crippen molar-refractivity contribution in [1.82, 2.24) is 10.6 Å². The Morgan fingerprint density at radius 3 is 2.42 bits per heavy atom. The number of carbonyl (C=O) groups excluding carboxylic acids is 2. The molecule has 0 radical (unpaired) electrons. The van der Waals surface area contributed by atoms with Gasteiger partial charge in [0.1, 0.15) is 18.3 Å². The van der Waals surface area contributed by atoms with Crippen molar-refractivity contribution < 1.29 is 41.7 Å². The minimum absolute atomic E-state index is 0.0280. The average molecular weight is 478 g/mol. The van der Waals surface area contributed by atoms with Gasteiger partial charge in [0.25, 0.3) is 0 Å². The summed E-state index contributed by atoms with van der Waals surface area (Å²) in [4.78, 5) is 25.0. The Morgan fingerprint density at radius 2 is 1.82 bits per heavy atom. The Morgan fingerprint density at radius 1 is 1.18 bits per heavy atom. The summed E-state index contributed by atoms with van der Waals surface area (Å²) in [6.07, 6.45) is 0.213. The van der Waals surface area contributed by atoms with E-state index in [-0.39, 0.29) is 6.07 Å². The molecule has 1 amide bonds. The molecule has 1 fully saturated rings. The molecular weight excluding hydrogens is 448 g/mol. The summed E-state index contributed by atoms with van der Waals surface area (Å²) in [6.45, 7) is 5.24. The average Bonchev–Trinajstić information content (AvgIpc) is 3.00. The molecule has 3 atom stereocenters. The Hall–Kier alpha value is -2.40. The molecule has 0 saturated carbocycles. The fourth-order valence-electron chi connectivity index (χ4n) is 3.35. The molecule has 7 nitrogen and oxygen atoms in total. The predicted molar refractivity (Wildman–Crippen MR) is 110 cm³/mol. The molecule has 2 unspecified atom stereocenters. The molecule has 1 saturated heterocycles. The molecule has 1 aromatic rings. The van der Waals surface area contributed by atoms with Crippen molar-refractivity contribution in [2.45, 2.75) is 64.2 Å². The van der Waals surface area contributed by atoms with Crippen molar-refractivity contribution in [3.05, 3.63) is 29.3 Å². The number of hydrogen-bond donors (Lipinski definition) is 3. The van der Waals surface area contributed by atoms with Crippen LogP contribution in [0.3, 0.4) is 0 Å². The normalized spacial score (nSPS) is 18.7. The van der Waals surface area contributed by atoms with E-state index in [1.165, 1.54) is 0 Å². The van der Waals surface area contributed by atoms with E-state index in [2.05, 4.69) is 10.6 Å². The monoisotopic (exact) mass is 478 g/mol. The van der Waals surface area contributed by atoms with Gasteiger partial charge >= 0.3 is 5.97 Å². The maximum atomic E-state index is 13.8. The van der Waals surface area contributed by atoms with Crippen LogP contribution in [0, 0.1) is 29.2 Å². The zero-order chi connectivity index (χ0) is 24.8. The highest BCUT2D eigenvalue weighted by molar-refractivity contribution is 5.80. The van der Waals surface area contributed by atoms with Crippen molar-refractivity contribution in [3.63, 3.8) is 0 Å². The third-order valence-electron chi connectivity index (χ3n) is 4.99. The summed E-state index contributed by atoms with van der Waals surface area (Å²) >= 11 is 0. The summed E-state index contributed by atoms with van der Waals surface area (Å²) < 4.78 is 64.5. The minimum atomic E-state index is -1.77. The quantitative estimate of drug-likeness (QED) is 0.302. The molecule has 0 spiro atoms. The van der Waals surface area contributed by atoms with Crippen LogP contribution in [-0.4, -0.2) is 54.4 Å². The molecule has 3 N–H and O–H groups in total. The molecule has 1 heterocycles. The van der Waals surface area contributed by atoms with E-state index in [1.807, 2.05) is 0 Å². The molecule has 1 aliphatic rings. The van der Waals surface area contributed by atoms with Crippen LogP contribution in [-0.2, 0) is 14.3 Å². The standard InChI is InChI=1S/C22H30F4N2O5/c1-22(2,3)33-17(30)9-15(28-21(31)12-6-4-5-7-27-10-12)16(29)11-32-20-18(25)13(23)8-14(24)19(20)26/h8,12,15-16,27,29H,4-7,9-11H2,1-3H3,(H,28,31)/t12?,15-,16?/m0/s1. The number of benzene rings is 1. The SMILES string of the molecule is CC(C)(C)OC(=O)C[C@H](NC(=O)C1CCCCNC1)C(O)COc1c(F)c(F)cc(F)c1F. The Kier molecular flexibility index (Phi) is 9.47. The second-order valence-corrected chi connectivity index (χ2v) is 8.98. The van der Waals surface area contributed by atoms with Gasteiger partial charge in [-0.2, -0.15) is 8.78 Å². The Labute approximate surface area is 189 Å². The van der Waals surface area contributed by atoms with Crippen molar-refractivity contribution in [3.8, 4) is 5.75 Å². The number of aliphatic hydroxyl groups excluding tert-OH is 1. The Balaban J connectivity index is 2.14. The fourth-order valence-corrected chi connectivity index (χ4v) is 3.35. The molecule has 1 aliphatic heterocycles. The Bertz CT molecular complexity index is 813. The number of carbonyl (C=O) groups is 2. The van der Waals surface area contributed by atoms with E-state index < -0.39 is 77.6 Å². The summed E-state index contributed by atoms with van der Waals surface area (Å²) in [7, 11) is 0. The lowest BCUT2D eigenvalue weighted by atomic mass is 10.0. The lowest BCUT2D eigenvalue weighted by Crippen LogP contribution is -2.50. The van der Waals surface area contributed by atoms with Crippen LogP contribution in [0.4, 0.5) is 17.6 Å². The number of esters is 1. The van der Waals surface area contributed by atoms with E-state index in [0.717, 1.165) is 19.4 Å². The highest BCUT2D eigenvalue weighted by atomic mass is 19.2. The first kappa shape index (κ1) is 26.8. The van der Waals surface area contributed by atoms with Gasteiger partial charge < -0.3 is 25.2 Å². The van der Waals surface area contributed by atoms with E-state index in [4.69, 9.17) is 9.47 Å². The van der Waals surface area contributed by atoms with Crippen molar-refractivity contribution in [1.29, 1.82) is 0 Å². The number of ether oxygens (including phenoxy) is 2. The smallest absolute Gasteiger partial charge is 0.308 e. The lowest BCUT2D eigenvalue weighted by molar-refractivity contribution is -0.156. The third-order valence-corrected chi connectivity index (χ3v) is 4.99. The molecule has 11 heteroatoms. The number of halogens is 4. The summed E-state index contributed by atoms with van der Waals surface area (Å²) in [5, 5.41) is 16.2. The van der Waals surface area contributed by atoms with Crippen molar-refractivity contribution in [2.75, 3.05) is 19.7 Å². The lowest BCUT2D eigenvalue weighted by Gasteiger charge is -2.27. The van der Waals surface area contributed by atoms with Crippen LogP contribution in [0.5, 0.6) is 5.75 Å². The van der Waals surface area contributed by atoms with Crippen LogP contribution in [0.25, 0.3) is 0 Å². The molecule has 1 aromatic carbocycles. The van der Waals surface area contributed by atoms with Crippen molar-refractivity contribution >= 4 is 11.9 Å². The summed E-state index contributed by atoms with van der Waals surface area (Å²) in [6, 6.07) is -1.21. The molecular formula is C22H30F4N2O5. The summed E-state index contributed by atoms with van der Waals surface area (Å²) in [5.74, 6) is -9.78. The predicted octanol–water partition coefficient (Wildman–Crippen LogP) is 2.59. The van der Waals surface area contributed by atoms with Crippen LogP contribution < -0.4 is 15.4 Å². The van der Waals surface area contributed by atoms with E-state index in [1.54, 1.807) is 20.8 Å². The van der Waals surface area contributed by atoms with Gasteiger partial charge in [-0.1, -0.05) is 6.42 Å². The van der Waals surface area contributed by atoms with Gasteiger partial charge in [0, 0.05) is 12.6 Å². The zero-order valence-electron chi connectivity index (χ0n) is 18.9. The summed E-state index contributed by atoms with van der Waals surface area (Å²) in [5.41, 5.74) is -0.830. The topological polar surface area (TPSA) is 96.9 Å². The van der Waals surface area contributed by atoms with Crippen LogP contribution in [0.2, 0.25) is 0 Å². The highest BCUT2D eigenvalue weighted by Crippen LogP contribution is 2.27. The van der Waals surface area contributed by atoms with E-state index in [9.17, 15) is 32.3 Å². The first-order valence-electron chi connectivity index (χ1n) is 10.8. The molecule has 186 valence electrons. The maximum Gasteiger partial charge on any atom is 0.308 e. The van der Waals surface area contributed by atoms with Gasteiger partial charge in [0.05, 0.1) is 18.4 Å². The number of aliphatic hydroxyl groups is 1. The van der Waals surface area contributed by atoms with Crippen LogP contribution in [0.15, 0.2) is 6.07 Å². The number of nitrogens with one attached hydrogen (secondary N) is 2. The molecule has 0 aromatic heterocycles. The van der Waals surface area contributed by atoms with Crippen molar-refractivity contribution in [2.24, 2.45) is 5.92 Å². The highest BCUT2D eigenvalue weighted by Gasteiger charge is 2.31. The second kappa shape index (κ2) is 11.6. The van der Waals surface area contributed by atoms with Gasteiger partial charge in [-0.05, 0) is 40.2 Å². The number of amides is 1. The second-order valence-electron chi connectivity index (χ2n) is 8.98. The first-order chi connectivity index (χ1) is 15.4. The molecule has 0 aliphatic carbocycles. The van der Waals surface area contributed by atoms with Gasteiger partial charge in [-0.3, -0.25) is 9.59 Å². The minimum Gasteiger partial charge on any atom is -0.485 e. The zero-order valence-corrected chi connectivity index (χ0v) is 18.9. The molecule has 2 rings (SSSR count). The molecule has 33 heavy (non-hydrogen) atoms. The van der Waals surface area contributed by atoms with Gasteiger partial charge in [0.2, 0.25) is 17.5 Å². The van der Waals surface area contributed by atoms with E-state index in [0.29, 0.717) is 13.0 Å². The third kappa shape index (κ3) is 8.15. The first-order valence-corrected chi connectivity index (χ1v) is 10.8. The van der Waals surface area contributed by atoms with Gasteiger partial charge in [-0.15, -0.1) is 0 Å². The number of hydrogen-bond acceptors (Lipinski definition) is 6. The van der Waals surface area contributed by atoms with Crippen LogP contribution >= 0.6 is 0 Å². The fraction of sp³-hybridized carbons (Fsp3) is 0.636. The van der Waals surface area contributed by atoms with Crippen LogP contribution in [0.1, 0.15) is 46.5 Å². The maximum absolute atomic E-state index is 13.8.